The molecule has 8 nitrogen and oxygen atoms in total. The molecule has 0 fully saturated rings. The highest BCUT2D eigenvalue weighted by Crippen LogP contribution is 2.23. The van der Waals surface area contributed by atoms with Gasteiger partial charge in [0.15, 0.2) is 10.8 Å². The Morgan fingerprint density at radius 1 is 1.23 bits per heavy atom. The molecule has 4 rings (SSSR count). The molecule has 2 heterocycles. The summed E-state index contributed by atoms with van der Waals surface area (Å²) in [6.07, 6.45) is 1.41. The highest BCUT2D eigenvalue weighted by Gasteiger charge is 2.16. The molecule has 158 valence electrons. The van der Waals surface area contributed by atoms with E-state index in [9.17, 15) is 14.0 Å². The minimum absolute atomic E-state index is 0.0720. The summed E-state index contributed by atoms with van der Waals surface area (Å²) in [6, 6.07) is 12.9. The van der Waals surface area contributed by atoms with Crippen molar-refractivity contribution in [3.05, 3.63) is 70.9 Å². The third kappa shape index (κ3) is 4.43. The van der Waals surface area contributed by atoms with Crippen LogP contribution in [0.5, 0.6) is 5.75 Å². The summed E-state index contributed by atoms with van der Waals surface area (Å²) >= 11 is 1.06. The van der Waals surface area contributed by atoms with E-state index in [1.807, 2.05) is 6.92 Å². The monoisotopic (exact) mass is 439 g/mol. The van der Waals surface area contributed by atoms with Gasteiger partial charge in [-0.3, -0.25) is 19.3 Å². The molecule has 10 heteroatoms. The number of aromatic amines is 1. The average Bonchev–Trinajstić information content (AvgIpc) is 3.24. The van der Waals surface area contributed by atoms with E-state index in [-0.39, 0.29) is 17.0 Å². The predicted octanol–water partition coefficient (Wildman–Crippen LogP) is 3.38. The second kappa shape index (κ2) is 9.00. The molecule has 0 bridgehead atoms. The largest absolute Gasteiger partial charge is 0.494 e. The molecule has 0 radical (unpaired) electrons. The molecular formula is C21H18FN5O3S. The number of ether oxygens (including phenoxy) is 1. The number of amides is 1. The van der Waals surface area contributed by atoms with Crippen molar-refractivity contribution in [2.75, 3.05) is 17.7 Å². The van der Waals surface area contributed by atoms with Gasteiger partial charge in [0.25, 0.3) is 5.56 Å². The number of para-hydroxylation sites is 1. The Labute approximate surface area is 180 Å². The number of benzene rings is 2. The van der Waals surface area contributed by atoms with Crippen LogP contribution in [0.2, 0.25) is 0 Å². The van der Waals surface area contributed by atoms with Crippen LogP contribution < -0.4 is 15.6 Å². The van der Waals surface area contributed by atoms with Gasteiger partial charge in [0, 0.05) is 0 Å². The van der Waals surface area contributed by atoms with Crippen molar-refractivity contribution in [2.45, 2.75) is 12.1 Å². The van der Waals surface area contributed by atoms with Crippen LogP contribution in [0.4, 0.5) is 10.1 Å². The lowest BCUT2D eigenvalue weighted by molar-refractivity contribution is -0.113. The molecule has 2 aromatic carbocycles. The zero-order valence-electron chi connectivity index (χ0n) is 16.5. The van der Waals surface area contributed by atoms with Gasteiger partial charge in [0.2, 0.25) is 5.91 Å². The van der Waals surface area contributed by atoms with Crippen LogP contribution in [0.1, 0.15) is 6.92 Å². The number of aromatic nitrogens is 4. The smallest absolute Gasteiger partial charge is 0.269 e. The molecule has 2 aromatic heterocycles. The van der Waals surface area contributed by atoms with Crippen LogP contribution in [-0.4, -0.2) is 38.0 Å². The van der Waals surface area contributed by atoms with Gasteiger partial charge in [-0.15, -0.1) is 0 Å². The van der Waals surface area contributed by atoms with E-state index >= 15 is 0 Å². The molecule has 4 aromatic rings. The van der Waals surface area contributed by atoms with E-state index < -0.39 is 11.7 Å². The standard InChI is InChI=1S/C21H18FN5O3S/c1-2-30-14-9-7-13(8-10-14)27-20(29)15-11-23-26-19(15)25-21(27)31-12-18(28)24-17-6-4-3-5-16(17)22/h3-11H,2,12H2,1H3,(H,23,26)(H,24,28). The lowest BCUT2D eigenvalue weighted by Gasteiger charge is -2.13. The average molecular weight is 439 g/mol. The van der Waals surface area contributed by atoms with Gasteiger partial charge in [0.1, 0.15) is 17.0 Å². The van der Waals surface area contributed by atoms with Crippen molar-refractivity contribution in [1.29, 1.82) is 0 Å². The van der Waals surface area contributed by atoms with Gasteiger partial charge in [-0.25, -0.2) is 9.37 Å². The van der Waals surface area contributed by atoms with Crippen LogP contribution in [0.25, 0.3) is 16.7 Å². The Hall–Kier alpha value is -3.66. The second-order valence-corrected chi connectivity index (χ2v) is 7.35. The number of halogens is 1. The van der Waals surface area contributed by atoms with Crippen LogP contribution in [-0.2, 0) is 4.79 Å². The van der Waals surface area contributed by atoms with Crippen molar-refractivity contribution in [2.24, 2.45) is 0 Å². The summed E-state index contributed by atoms with van der Waals surface area (Å²) in [6.45, 7) is 2.41. The van der Waals surface area contributed by atoms with Crippen LogP contribution in [0, 0.1) is 5.82 Å². The Morgan fingerprint density at radius 2 is 2.00 bits per heavy atom. The summed E-state index contributed by atoms with van der Waals surface area (Å²) in [5.74, 6) is -0.344. The molecule has 0 saturated heterocycles. The number of hydrogen-bond acceptors (Lipinski definition) is 6. The van der Waals surface area contributed by atoms with E-state index in [1.54, 1.807) is 36.4 Å². The number of rotatable bonds is 7. The SMILES string of the molecule is CCOc1ccc(-n2c(SCC(=O)Nc3ccccc3F)nc3[nH]ncc3c2=O)cc1. The maximum absolute atomic E-state index is 13.8. The molecule has 0 aliphatic rings. The van der Waals surface area contributed by atoms with E-state index in [0.29, 0.717) is 34.2 Å². The lowest BCUT2D eigenvalue weighted by Crippen LogP contribution is -2.22. The minimum atomic E-state index is -0.524. The number of nitrogens with zero attached hydrogens (tertiary/aromatic N) is 3. The Morgan fingerprint density at radius 3 is 2.74 bits per heavy atom. The Kier molecular flexibility index (Phi) is 5.99. The van der Waals surface area contributed by atoms with Crippen LogP contribution in [0.3, 0.4) is 0 Å². The van der Waals surface area contributed by atoms with Crippen molar-refractivity contribution in [3.8, 4) is 11.4 Å². The first-order valence-corrected chi connectivity index (χ1v) is 10.4. The van der Waals surface area contributed by atoms with Gasteiger partial charge >= 0.3 is 0 Å². The number of carbonyl (C=O) groups excluding carboxylic acids is 1. The molecule has 31 heavy (non-hydrogen) atoms. The number of H-pyrrole nitrogens is 1. The summed E-state index contributed by atoms with van der Waals surface area (Å²) in [4.78, 5) is 29.9. The highest BCUT2D eigenvalue weighted by molar-refractivity contribution is 7.99. The normalized spacial score (nSPS) is 10.9. The van der Waals surface area contributed by atoms with E-state index in [2.05, 4.69) is 20.5 Å². The van der Waals surface area contributed by atoms with Crippen molar-refractivity contribution in [3.63, 3.8) is 0 Å². The molecule has 0 atom stereocenters. The van der Waals surface area contributed by atoms with E-state index in [0.717, 1.165) is 11.8 Å². The first kappa shape index (κ1) is 20.6. The first-order valence-electron chi connectivity index (χ1n) is 9.43. The van der Waals surface area contributed by atoms with Gasteiger partial charge in [-0.05, 0) is 43.3 Å². The molecule has 1 amide bonds. The number of hydrogen-bond donors (Lipinski definition) is 2. The molecule has 0 aliphatic carbocycles. The quantitative estimate of drug-likeness (QED) is 0.338. The number of fused-ring (bicyclic) bond motifs is 1. The Balaban J connectivity index is 1.63. The highest BCUT2D eigenvalue weighted by atomic mass is 32.2. The molecular weight excluding hydrogens is 421 g/mol. The number of carbonyl (C=O) groups is 1. The zero-order valence-corrected chi connectivity index (χ0v) is 17.3. The van der Waals surface area contributed by atoms with E-state index in [4.69, 9.17) is 4.74 Å². The molecule has 0 spiro atoms. The van der Waals surface area contributed by atoms with E-state index in [1.165, 1.54) is 22.9 Å². The lowest BCUT2D eigenvalue weighted by atomic mass is 10.3. The van der Waals surface area contributed by atoms with Gasteiger partial charge < -0.3 is 10.1 Å². The maximum atomic E-state index is 13.8. The number of anilines is 1. The second-order valence-electron chi connectivity index (χ2n) is 6.41. The van der Waals surface area contributed by atoms with Crippen molar-refractivity contribution in [1.82, 2.24) is 19.7 Å². The minimum Gasteiger partial charge on any atom is -0.494 e. The summed E-state index contributed by atoms with van der Waals surface area (Å²) in [7, 11) is 0. The third-order valence-corrected chi connectivity index (χ3v) is 5.28. The van der Waals surface area contributed by atoms with Crippen LogP contribution >= 0.6 is 11.8 Å². The van der Waals surface area contributed by atoms with Gasteiger partial charge in [-0.1, -0.05) is 23.9 Å². The molecule has 0 saturated carbocycles. The fraction of sp³-hybridized carbons (Fsp3) is 0.143. The fourth-order valence-electron chi connectivity index (χ4n) is 2.94. The number of nitrogens with one attached hydrogen (secondary N) is 2. The maximum Gasteiger partial charge on any atom is 0.269 e. The zero-order chi connectivity index (χ0) is 21.8. The summed E-state index contributed by atoms with van der Waals surface area (Å²) in [5, 5.41) is 9.72. The fourth-order valence-corrected chi connectivity index (χ4v) is 3.74. The molecule has 2 N–H and O–H groups in total. The molecule has 0 aliphatic heterocycles. The predicted molar refractivity (Wildman–Crippen MR) is 116 cm³/mol. The number of thioether (sulfide) groups is 1. The summed E-state index contributed by atoms with van der Waals surface area (Å²) in [5.41, 5.74) is 0.666. The van der Waals surface area contributed by atoms with Crippen molar-refractivity contribution < 1.29 is 13.9 Å². The first-order chi connectivity index (χ1) is 15.1. The Bertz CT molecular complexity index is 1290. The van der Waals surface area contributed by atoms with Crippen LogP contribution in [0.15, 0.2) is 64.7 Å². The van der Waals surface area contributed by atoms with Crippen molar-refractivity contribution >= 4 is 34.4 Å². The third-order valence-electron chi connectivity index (χ3n) is 4.34. The van der Waals surface area contributed by atoms with Gasteiger partial charge in [-0.2, -0.15) is 5.10 Å². The molecule has 0 unspecified atom stereocenters. The van der Waals surface area contributed by atoms with Gasteiger partial charge in [0.05, 0.1) is 29.9 Å². The topological polar surface area (TPSA) is 102 Å². The summed E-state index contributed by atoms with van der Waals surface area (Å²) < 4.78 is 20.6.